The summed E-state index contributed by atoms with van der Waals surface area (Å²) in [7, 11) is 0. The minimum Gasteiger partial charge on any atom is -0.394 e. The second-order valence-corrected chi connectivity index (χ2v) is 4.73. The molecule has 4 heteroatoms. The van der Waals surface area contributed by atoms with Crippen LogP contribution >= 0.6 is 0 Å². The molecular weight excluding hydrogens is 192 g/mol. The molecule has 1 N–H and O–H groups in total. The molecule has 1 heterocycles. The van der Waals surface area contributed by atoms with Crippen molar-refractivity contribution in [2.24, 2.45) is 10.5 Å². The molecule has 0 radical (unpaired) electrons. The van der Waals surface area contributed by atoms with Gasteiger partial charge in [-0.05, 0) is 19.3 Å². The summed E-state index contributed by atoms with van der Waals surface area (Å²) in [5.41, 5.74) is 1.16. The van der Waals surface area contributed by atoms with Gasteiger partial charge in [0.15, 0.2) is 0 Å². The maximum Gasteiger partial charge on any atom is 0.243 e. The van der Waals surface area contributed by atoms with Crippen LogP contribution < -0.4 is 0 Å². The minimum absolute atomic E-state index is 0.00128. The molecule has 1 saturated carbocycles. The molecule has 0 spiro atoms. The Labute approximate surface area is 90.0 Å². The van der Waals surface area contributed by atoms with Gasteiger partial charge in [0.25, 0.3) is 0 Å². The number of nitrogens with zero attached hydrogens (tertiary/aromatic N) is 2. The van der Waals surface area contributed by atoms with Gasteiger partial charge in [0.05, 0.1) is 13.2 Å². The molecule has 1 amide bonds. The Kier molecular flexibility index (Phi) is 2.78. The van der Waals surface area contributed by atoms with Crippen LogP contribution in [0.4, 0.5) is 0 Å². The molecule has 1 atom stereocenters. The third-order valence-electron chi connectivity index (χ3n) is 3.47. The van der Waals surface area contributed by atoms with Crippen LogP contribution in [0, 0.1) is 5.41 Å². The standard InChI is InChI=1S/C11H18N2O2/c1-11-5-3-2-4-9(11)12-13(6-7-14)10(15)8-11/h14H,2-8H2,1H3. The van der Waals surface area contributed by atoms with E-state index in [0.29, 0.717) is 13.0 Å². The van der Waals surface area contributed by atoms with Crippen LogP contribution in [-0.2, 0) is 4.79 Å². The van der Waals surface area contributed by atoms with Crippen molar-refractivity contribution in [3.8, 4) is 0 Å². The van der Waals surface area contributed by atoms with Crippen LogP contribution in [0.1, 0.15) is 39.0 Å². The van der Waals surface area contributed by atoms with Crippen molar-refractivity contribution in [2.75, 3.05) is 13.2 Å². The topological polar surface area (TPSA) is 52.9 Å². The number of carbonyl (C=O) groups is 1. The fourth-order valence-electron chi connectivity index (χ4n) is 2.51. The van der Waals surface area contributed by atoms with Gasteiger partial charge in [0.1, 0.15) is 0 Å². The Balaban J connectivity index is 2.22. The molecule has 0 aromatic heterocycles. The molecule has 15 heavy (non-hydrogen) atoms. The number of β-amino-alcohol motifs (C(OH)–C–C–N with tert-alkyl or cyclic N) is 1. The Morgan fingerprint density at radius 1 is 1.53 bits per heavy atom. The SMILES string of the molecule is CC12CCCCC1=NN(CCO)C(=O)C2. The Bertz CT molecular complexity index is 301. The minimum atomic E-state index is -0.0146. The zero-order valence-corrected chi connectivity index (χ0v) is 9.20. The molecule has 84 valence electrons. The number of aliphatic hydroxyl groups excluding tert-OH is 1. The van der Waals surface area contributed by atoms with E-state index in [1.54, 1.807) is 0 Å². The molecule has 1 aliphatic carbocycles. The number of rotatable bonds is 2. The lowest BCUT2D eigenvalue weighted by Gasteiger charge is -2.40. The second kappa shape index (κ2) is 3.93. The van der Waals surface area contributed by atoms with E-state index in [4.69, 9.17) is 5.11 Å². The summed E-state index contributed by atoms with van der Waals surface area (Å²) in [6, 6.07) is 0. The summed E-state index contributed by atoms with van der Waals surface area (Å²) in [6.45, 7) is 2.46. The van der Waals surface area contributed by atoms with Gasteiger partial charge in [-0.2, -0.15) is 5.10 Å². The number of carbonyl (C=O) groups excluding carboxylic acids is 1. The van der Waals surface area contributed by atoms with Crippen molar-refractivity contribution in [2.45, 2.75) is 39.0 Å². The molecule has 4 nitrogen and oxygen atoms in total. The number of hydrogen-bond donors (Lipinski definition) is 1. The van der Waals surface area contributed by atoms with Crippen LogP contribution in [0.3, 0.4) is 0 Å². The summed E-state index contributed by atoms with van der Waals surface area (Å²) in [5, 5.41) is 14.7. The fourth-order valence-corrected chi connectivity index (χ4v) is 2.51. The average Bonchev–Trinajstić information content (AvgIpc) is 2.19. The first-order valence-corrected chi connectivity index (χ1v) is 5.65. The van der Waals surface area contributed by atoms with E-state index in [1.807, 2.05) is 0 Å². The molecule has 1 aliphatic heterocycles. The fraction of sp³-hybridized carbons (Fsp3) is 0.818. The molecule has 0 bridgehead atoms. The lowest BCUT2D eigenvalue weighted by molar-refractivity contribution is -0.134. The number of aliphatic hydroxyl groups is 1. The van der Waals surface area contributed by atoms with Crippen molar-refractivity contribution in [3.05, 3.63) is 0 Å². The predicted octanol–water partition coefficient (Wildman–Crippen LogP) is 1.15. The zero-order chi connectivity index (χ0) is 10.9. The molecule has 2 aliphatic rings. The molecule has 1 unspecified atom stereocenters. The first kappa shape index (κ1) is 10.6. The van der Waals surface area contributed by atoms with Gasteiger partial charge < -0.3 is 5.11 Å². The quantitative estimate of drug-likeness (QED) is 0.743. The Morgan fingerprint density at radius 2 is 2.33 bits per heavy atom. The summed E-state index contributed by atoms with van der Waals surface area (Å²) < 4.78 is 0. The highest BCUT2D eigenvalue weighted by Crippen LogP contribution is 2.39. The zero-order valence-electron chi connectivity index (χ0n) is 9.20. The monoisotopic (exact) mass is 210 g/mol. The average molecular weight is 210 g/mol. The van der Waals surface area contributed by atoms with Crippen molar-refractivity contribution in [3.63, 3.8) is 0 Å². The molecule has 0 saturated heterocycles. The Morgan fingerprint density at radius 3 is 3.07 bits per heavy atom. The molecule has 1 fully saturated rings. The van der Waals surface area contributed by atoms with E-state index in [9.17, 15) is 4.79 Å². The number of amides is 1. The van der Waals surface area contributed by atoms with Crippen LogP contribution in [0.15, 0.2) is 5.10 Å². The van der Waals surface area contributed by atoms with Gasteiger partial charge in [-0.3, -0.25) is 4.79 Å². The third-order valence-corrected chi connectivity index (χ3v) is 3.47. The van der Waals surface area contributed by atoms with Crippen LogP contribution in [0.5, 0.6) is 0 Å². The number of fused-ring (bicyclic) bond motifs is 1. The van der Waals surface area contributed by atoms with E-state index in [0.717, 1.165) is 18.6 Å². The summed E-state index contributed by atoms with van der Waals surface area (Å²) in [4.78, 5) is 11.8. The molecule has 0 aromatic carbocycles. The Hall–Kier alpha value is -0.900. The molecule has 0 aromatic rings. The lowest BCUT2D eigenvalue weighted by atomic mass is 9.71. The maximum absolute atomic E-state index is 11.8. The normalized spacial score (nSPS) is 31.2. The highest BCUT2D eigenvalue weighted by atomic mass is 16.3. The van der Waals surface area contributed by atoms with Crippen LogP contribution in [-0.4, -0.2) is 34.9 Å². The van der Waals surface area contributed by atoms with E-state index < -0.39 is 0 Å². The largest absolute Gasteiger partial charge is 0.394 e. The maximum atomic E-state index is 11.8. The first-order valence-electron chi connectivity index (χ1n) is 5.65. The van der Waals surface area contributed by atoms with E-state index in [1.165, 1.54) is 17.9 Å². The molecular formula is C11H18N2O2. The van der Waals surface area contributed by atoms with E-state index in [-0.39, 0.29) is 17.9 Å². The van der Waals surface area contributed by atoms with Gasteiger partial charge in [-0.1, -0.05) is 13.3 Å². The van der Waals surface area contributed by atoms with E-state index >= 15 is 0 Å². The number of hydrazone groups is 1. The summed E-state index contributed by atoms with van der Waals surface area (Å²) >= 11 is 0. The van der Waals surface area contributed by atoms with Crippen molar-refractivity contribution in [1.29, 1.82) is 0 Å². The number of hydrogen-bond acceptors (Lipinski definition) is 3. The van der Waals surface area contributed by atoms with Crippen molar-refractivity contribution >= 4 is 11.6 Å². The van der Waals surface area contributed by atoms with Crippen molar-refractivity contribution < 1.29 is 9.90 Å². The second-order valence-electron chi connectivity index (χ2n) is 4.73. The smallest absolute Gasteiger partial charge is 0.243 e. The van der Waals surface area contributed by atoms with Gasteiger partial charge in [-0.15, -0.1) is 0 Å². The summed E-state index contributed by atoms with van der Waals surface area (Å²) in [6.07, 6.45) is 5.01. The van der Waals surface area contributed by atoms with Crippen LogP contribution in [0.2, 0.25) is 0 Å². The summed E-state index contributed by atoms with van der Waals surface area (Å²) in [5.74, 6) is 0.0530. The van der Waals surface area contributed by atoms with Gasteiger partial charge in [-0.25, -0.2) is 5.01 Å². The van der Waals surface area contributed by atoms with E-state index in [2.05, 4.69) is 12.0 Å². The highest BCUT2D eigenvalue weighted by molar-refractivity contribution is 5.97. The van der Waals surface area contributed by atoms with Crippen molar-refractivity contribution in [1.82, 2.24) is 5.01 Å². The van der Waals surface area contributed by atoms with Gasteiger partial charge in [0, 0.05) is 17.5 Å². The highest BCUT2D eigenvalue weighted by Gasteiger charge is 2.40. The van der Waals surface area contributed by atoms with Gasteiger partial charge >= 0.3 is 0 Å². The van der Waals surface area contributed by atoms with Crippen LogP contribution in [0.25, 0.3) is 0 Å². The molecule has 2 rings (SSSR count). The third kappa shape index (κ3) is 1.91. The lowest BCUT2D eigenvalue weighted by Crippen LogP contribution is -2.45. The predicted molar refractivity (Wildman–Crippen MR) is 57.4 cm³/mol. The first-order chi connectivity index (χ1) is 7.15. The van der Waals surface area contributed by atoms with Gasteiger partial charge in [0.2, 0.25) is 5.91 Å².